The standard InChI is InChI=1S/C40H68Cl3NO12Si3/c1-12-57(13-2,14-3)54-30-25-49-38(53-39(44)40(41,42)43)34(50-27(10)45)32(30)52-37-35(51-36(46)28-21-23-29(47-11)24-22-28)33(56-59(18-7,19-8)20-9)31(26-48-37)55-58(15-4,16-5)17-6/h21-24,30-35,37-38,44H,12-20,25-26H2,1-11H3/t30-,31-,32-,33+,34+,35-,37+,38?/m0/s1. The van der Waals surface area contributed by atoms with E-state index < -0.39 is 95.8 Å². The van der Waals surface area contributed by atoms with E-state index in [-0.39, 0.29) is 18.8 Å². The van der Waals surface area contributed by atoms with Gasteiger partial charge < -0.3 is 46.4 Å². The Morgan fingerprint density at radius 2 is 1.07 bits per heavy atom. The molecular formula is C40H68Cl3NO12Si3. The number of ether oxygens (including phenoxy) is 7. The molecule has 2 heterocycles. The molecule has 2 fully saturated rings. The van der Waals surface area contributed by atoms with Crippen molar-refractivity contribution in [1.29, 1.82) is 5.41 Å². The molecule has 0 aliphatic carbocycles. The third-order valence-electron chi connectivity index (χ3n) is 12.4. The van der Waals surface area contributed by atoms with Gasteiger partial charge in [0.1, 0.15) is 18.0 Å². The fraction of sp³-hybridized carbons (Fsp3) is 0.775. The lowest BCUT2D eigenvalue weighted by Crippen LogP contribution is -2.66. The maximum Gasteiger partial charge on any atom is 0.338 e. The number of carbonyl (C=O) groups excluding carboxylic acids is 2. The van der Waals surface area contributed by atoms with Gasteiger partial charge in [0.25, 0.3) is 3.79 Å². The van der Waals surface area contributed by atoms with Gasteiger partial charge in [-0.25, -0.2) is 4.79 Å². The molecule has 13 nitrogen and oxygen atoms in total. The van der Waals surface area contributed by atoms with Crippen molar-refractivity contribution in [1.82, 2.24) is 0 Å². The molecule has 0 aromatic heterocycles. The van der Waals surface area contributed by atoms with Gasteiger partial charge in [0, 0.05) is 6.92 Å². The van der Waals surface area contributed by atoms with Crippen LogP contribution in [0.15, 0.2) is 24.3 Å². The summed E-state index contributed by atoms with van der Waals surface area (Å²) in [5.74, 6) is -1.48. The maximum atomic E-state index is 14.2. The summed E-state index contributed by atoms with van der Waals surface area (Å²) in [5, 5.41) is 8.36. The quantitative estimate of drug-likeness (QED) is 0.0388. The molecule has 1 N–H and O–H groups in total. The van der Waals surface area contributed by atoms with Crippen molar-refractivity contribution in [3.05, 3.63) is 29.8 Å². The van der Waals surface area contributed by atoms with Crippen LogP contribution in [-0.2, 0) is 46.5 Å². The molecule has 59 heavy (non-hydrogen) atoms. The molecule has 2 aliphatic heterocycles. The lowest BCUT2D eigenvalue weighted by Gasteiger charge is -2.50. The van der Waals surface area contributed by atoms with E-state index in [1.807, 2.05) is 0 Å². The van der Waals surface area contributed by atoms with Crippen LogP contribution in [0.25, 0.3) is 0 Å². The highest BCUT2D eigenvalue weighted by Gasteiger charge is 2.55. The zero-order valence-electron chi connectivity index (χ0n) is 36.7. The highest BCUT2D eigenvalue weighted by atomic mass is 35.6. The van der Waals surface area contributed by atoms with Crippen LogP contribution in [0.4, 0.5) is 0 Å². The second-order valence-electron chi connectivity index (χ2n) is 15.2. The fourth-order valence-electron chi connectivity index (χ4n) is 7.84. The number of methoxy groups -OCH3 is 1. The minimum absolute atomic E-state index is 0.0741. The Labute approximate surface area is 369 Å². The van der Waals surface area contributed by atoms with Crippen LogP contribution in [0.2, 0.25) is 54.4 Å². The van der Waals surface area contributed by atoms with E-state index in [0.29, 0.717) is 5.75 Å². The molecule has 2 aliphatic rings. The van der Waals surface area contributed by atoms with Crippen molar-refractivity contribution >= 4 is 77.6 Å². The van der Waals surface area contributed by atoms with Crippen molar-refractivity contribution in [2.45, 2.75) is 177 Å². The first kappa shape index (κ1) is 52.1. The largest absolute Gasteiger partial charge is 0.497 e. The van der Waals surface area contributed by atoms with Crippen molar-refractivity contribution < 1.29 is 56.0 Å². The molecular weight excluding hydrogens is 877 g/mol. The third kappa shape index (κ3) is 13.4. The molecule has 1 unspecified atom stereocenters. The van der Waals surface area contributed by atoms with Crippen LogP contribution in [0.3, 0.4) is 0 Å². The van der Waals surface area contributed by atoms with E-state index in [0.717, 1.165) is 54.4 Å². The van der Waals surface area contributed by atoms with Crippen LogP contribution in [-0.4, -0.2) is 116 Å². The molecule has 1 aromatic carbocycles. The molecule has 3 rings (SSSR count). The Morgan fingerprint density at radius 3 is 1.49 bits per heavy atom. The summed E-state index contributed by atoms with van der Waals surface area (Å²) in [6.07, 6.45) is -8.54. The van der Waals surface area contributed by atoms with Gasteiger partial charge in [-0.05, 0) is 78.7 Å². The number of halogens is 3. The van der Waals surface area contributed by atoms with Crippen molar-refractivity contribution in [2.24, 2.45) is 0 Å². The predicted molar refractivity (Wildman–Crippen MR) is 237 cm³/mol. The number of hydrogen-bond donors (Lipinski definition) is 1. The number of carbonyl (C=O) groups is 2. The molecule has 0 saturated carbocycles. The van der Waals surface area contributed by atoms with Gasteiger partial charge in [-0.2, -0.15) is 0 Å². The maximum absolute atomic E-state index is 14.2. The Hall–Kier alpha value is -1.29. The van der Waals surface area contributed by atoms with Crippen molar-refractivity contribution in [2.75, 3.05) is 20.3 Å². The minimum atomic E-state index is -2.43. The molecule has 0 amide bonds. The summed E-state index contributed by atoms with van der Waals surface area (Å²) in [6, 6.07) is 14.1. The fourth-order valence-corrected chi connectivity index (χ4v) is 16.5. The number of rotatable bonds is 22. The second-order valence-corrected chi connectivity index (χ2v) is 31.7. The first-order valence-corrected chi connectivity index (χ1v) is 29.9. The lowest BCUT2D eigenvalue weighted by molar-refractivity contribution is -0.324. The molecule has 338 valence electrons. The Balaban J connectivity index is 2.27. The Kier molecular flexibility index (Phi) is 20.7. The molecule has 1 aromatic rings. The number of hydrogen-bond acceptors (Lipinski definition) is 13. The van der Waals surface area contributed by atoms with Gasteiger partial charge >= 0.3 is 11.9 Å². The lowest BCUT2D eigenvalue weighted by atomic mass is 10.0. The number of esters is 2. The minimum Gasteiger partial charge on any atom is -0.497 e. The van der Waals surface area contributed by atoms with E-state index >= 15 is 0 Å². The van der Waals surface area contributed by atoms with Crippen LogP contribution < -0.4 is 4.74 Å². The predicted octanol–water partition coefficient (Wildman–Crippen LogP) is 9.79. The van der Waals surface area contributed by atoms with E-state index in [1.54, 1.807) is 31.4 Å². The topological polar surface area (TPSA) is 150 Å². The van der Waals surface area contributed by atoms with Gasteiger partial charge in [0.05, 0.1) is 38.1 Å². The monoisotopic (exact) mass is 943 g/mol. The van der Waals surface area contributed by atoms with E-state index in [4.69, 9.17) is 86.6 Å². The summed E-state index contributed by atoms with van der Waals surface area (Å²) in [6.45, 7) is 20.4. The summed E-state index contributed by atoms with van der Waals surface area (Å²) >= 11 is 18.1. The molecule has 0 bridgehead atoms. The van der Waals surface area contributed by atoms with E-state index in [2.05, 4.69) is 62.3 Å². The summed E-state index contributed by atoms with van der Waals surface area (Å²) in [7, 11) is -5.55. The van der Waals surface area contributed by atoms with Gasteiger partial charge in [0.2, 0.25) is 12.2 Å². The molecule has 8 atom stereocenters. The van der Waals surface area contributed by atoms with Crippen molar-refractivity contribution in [3.63, 3.8) is 0 Å². The average Bonchev–Trinajstić information content (AvgIpc) is 3.23. The smallest absolute Gasteiger partial charge is 0.338 e. The van der Waals surface area contributed by atoms with Gasteiger partial charge in [-0.1, -0.05) is 97.1 Å². The molecule has 19 heteroatoms. The van der Waals surface area contributed by atoms with E-state index in [9.17, 15) is 9.59 Å². The number of alkyl halides is 3. The Morgan fingerprint density at radius 1 is 0.644 bits per heavy atom. The highest BCUT2D eigenvalue weighted by Crippen LogP contribution is 2.39. The molecule has 0 radical (unpaired) electrons. The number of nitrogens with one attached hydrogen (secondary N) is 1. The van der Waals surface area contributed by atoms with E-state index in [1.165, 1.54) is 6.92 Å². The average molecular weight is 946 g/mol. The summed E-state index contributed by atoms with van der Waals surface area (Å²) in [4.78, 5) is 27.1. The number of benzene rings is 1. The molecule has 2 saturated heterocycles. The SMILES string of the molecule is CC[Si](CC)(CC)O[C@H]1[C@H](OC(=O)c2ccc(OC)cc2)[C@@H](O[C@H]2[C@@H](O[Si](CC)(CC)CC)COC(OC(=N)C(Cl)(Cl)Cl)[C@@H]2OC(C)=O)OC[C@@H]1O[Si](CC)(CC)CC. The normalized spacial score (nSPS) is 25.6. The first-order chi connectivity index (χ1) is 27.9. The highest BCUT2D eigenvalue weighted by molar-refractivity contribution is 6.76. The summed E-state index contributed by atoms with van der Waals surface area (Å²) in [5.41, 5.74) is 0.282. The van der Waals surface area contributed by atoms with Crippen LogP contribution in [0, 0.1) is 5.41 Å². The van der Waals surface area contributed by atoms with Crippen LogP contribution >= 0.6 is 34.8 Å². The second kappa shape index (κ2) is 23.4. The third-order valence-corrected chi connectivity index (χ3v) is 26.9. The van der Waals surface area contributed by atoms with Gasteiger partial charge in [-0.15, -0.1) is 0 Å². The van der Waals surface area contributed by atoms with Gasteiger partial charge in [-0.3, -0.25) is 10.2 Å². The van der Waals surface area contributed by atoms with Crippen molar-refractivity contribution in [3.8, 4) is 5.75 Å². The van der Waals surface area contributed by atoms with Crippen LogP contribution in [0.5, 0.6) is 5.75 Å². The summed E-state index contributed by atoms with van der Waals surface area (Å²) < 4.78 is 62.5. The van der Waals surface area contributed by atoms with Crippen LogP contribution in [0.1, 0.15) is 79.6 Å². The van der Waals surface area contributed by atoms with Gasteiger partial charge in [0.15, 0.2) is 43.5 Å². The zero-order chi connectivity index (χ0) is 44.2. The zero-order valence-corrected chi connectivity index (χ0v) is 42.0. The molecule has 0 spiro atoms. The first-order valence-electron chi connectivity index (χ1n) is 21.2. The Bertz CT molecular complexity index is 1460.